The zero-order valence-electron chi connectivity index (χ0n) is 21.7. The van der Waals surface area contributed by atoms with Crippen LogP contribution in [0.4, 0.5) is 24.7 Å². The summed E-state index contributed by atoms with van der Waals surface area (Å²) in [7, 11) is 1.81. The number of aromatic nitrogens is 3. The molecule has 0 aliphatic heterocycles. The number of aliphatic hydroxyl groups is 1. The number of alkyl halides is 3. The van der Waals surface area contributed by atoms with Gasteiger partial charge in [0.2, 0.25) is 0 Å². The zero-order chi connectivity index (χ0) is 29.4. The number of carbonyl (C=O) groups is 1. The lowest BCUT2D eigenvalue weighted by Crippen LogP contribution is -2.28. The van der Waals surface area contributed by atoms with E-state index in [0.717, 1.165) is 0 Å². The lowest BCUT2D eigenvalue weighted by atomic mass is 10.2. The number of nitrogens with one attached hydrogen (secondary N) is 1. The lowest BCUT2D eigenvalue weighted by molar-refractivity contribution is -0.190. The van der Waals surface area contributed by atoms with Crippen LogP contribution in [0, 0.1) is 0 Å². The number of rotatable bonds is 12. The van der Waals surface area contributed by atoms with Crippen LogP contribution in [0.15, 0.2) is 60.8 Å². The van der Waals surface area contributed by atoms with Crippen LogP contribution in [0.25, 0.3) is 10.9 Å². The Balaban J connectivity index is 1.63. The highest BCUT2D eigenvalue weighted by atomic mass is 35.5. The van der Waals surface area contributed by atoms with Crippen LogP contribution < -0.4 is 19.5 Å². The van der Waals surface area contributed by atoms with Crippen molar-refractivity contribution in [1.29, 1.82) is 0 Å². The third-order valence-electron chi connectivity index (χ3n) is 5.59. The first-order valence-corrected chi connectivity index (χ1v) is 12.6. The second kappa shape index (κ2) is 13.4. The Morgan fingerprint density at radius 2 is 1.88 bits per heavy atom. The number of fused-ring (bicyclic) bond motifs is 1. The summed E-state index contributed by atoms with van der Waals surface area (Å²) in [5.74, 6) is -1.74. The predicted molar refractivity (Wildman–Crippen MR) is 145 cm³/mol. The number of esters is 1. The van der Waals surface area contributed by atoms with Crippen LogP contribution in [0.5, 0.6) is 17.5 Å². The van der Waals surface area contributed by atoms with E-state index in [1.165, 1.54) is 12.1 Å². The molecule has 2 aromatic heterocycles. The van der Waals surface area contributed by atoms with E-state index in [1.807, 2.05) is 18.0 Å². The van der Waals surface area contributed by atoms with Crippen molar-refractivity contribution in [2.45, 2.75) is 12.8 Å². The molecule has 216 valence electrons. The molecule has 2 aromatic carbocycles. The van der Waals surface area contributed by atoms with Gasteiger partial charge in [-0.05, 0) is 49.5 Å². The predicted octanol–water partition coefficient (Wildman–Crippen LogP) is 4.77. The molecule has 0 atom stereocenters. The van der Waals surface area contributed by atoms with Crippen molar-refractivity contribution in [1.82, 2.24) is 19.9 Å². The molecule has 4 aromatic rings. The zero-order valence-corrected chi connectivity index (χ0v) is 22.4. The number of pyridine rings is 1. The maximum atomic E-state index is 12.9. The van der Waals surface area contributed by atoms with Crippen LogP contribution in [0.2, 0.25) is 5.02 Å². The fourth-order valence-electron chi connectivity index (χ4n) is 3.59. The van der Waals surface area contributed by atoms with Crippen LogP contribution in [-0.2, 0) is 11.4 Å². The number of nitrogens with zero attached hydrogens (tertiary/aromatic N) is 4. The van der Waals surface area contributed by atoms with Crippen LogP contribution in [0.3, 0.4) is 0 Å². The maximum Gasteiger partial charge on any atom is 0.491 e. The molecule has 14 heteroatoms. The molecule has 2 N–H and O–H groups in total. The van der Waals surface area contributed by atoms with Crippen molar-refractivity contribution >= 4 is 40.0 Å². The highest BCUT2D eigenvalue weighted by Gasteiger charge is 2.42. The van der Waals surface area contributed by atoms with Gasteiger partial charge in [-0.3, -0.25) is 4.98 Å². The first-order valence-electron chi connectivity index (χ1n) is 12.3. The first-order chi connectivity index (χ1) is 19.6. The number of hydrogen-bond acceptors (Lipinski definition) is 10. The second-order valence-corrected chi connectivity index (χ2v) is 9.05. The van der Waals surface area contributed by atoms with Gasteiger partial charge in [0.25, 0.3) is 0 Å². The fourth-order valence-corrected chi connectivity index (χ4v) is 3.82. The average Bonchev–Trinajstić information content (AvgIpc) is 2.93. The molecular weight excluding hydrogens is 567 g/mol. The van der Waals surface area contributed by atoms with Gasteiger partial charge >= 0.3 is 18.2 Å². The molecule has 0 amide bonds. The topological polar surface area (TPSA) is 119 Å². The van der Waals surface area contributed by atoms with Gasteiger partial charge in [0.15, 0.2) is 0 Å². The number of aliphatic hydroxyl groups excluding tert-OH is 1. The van der Waals surface area contributed by atoms with Crippen molar-refractivity contribution < 1.29 is 37.3 Å². The van der Waals surface area contributed by atoms with Crippen LogP contribution in [-0.4, -0.2) is 70.5 Å². The average molecular weight is 592 g/mol. The molecular formula is C27H25ClF3N5O5. The molecule has 41 heavy (non-hydrogen) atoms. The minimum Gasteiger partial charge on any atom is -0.491 e. The summed E-state index contributed by atoms with van der Waals surface area (Å²) in [6.45, 7) is 1.34. The van der Waals surface area contributed by atoms with Crippen LogP contribution >= 0.6 is 11.6 Å². The summed E-state index contributed by atoms with van der Waals surface area (Å²) in [5.41, 5.74) is 1.27. The summed E-state index contributed by atoms with van der Waals surface area (Å²) in [5, 5.41) is 12.7. The van der Waals surface area contributed by atoms with E-state index in [-0.39, 0.29) is 36.2 Å². The molecule has 4 rings (SSSR count). The summed E-state index contributed by atoms with van der Waals surface area (Å²) < 4.78 is 54.6. The quantitative estimate of drug-likeness (QED) is 0.223. The fraction of sp³-hybridized carbons (Fsp3) is 0.259. The van der Waals surface area contributed by atoms with Crippen molar-refractivity contribution in [3.05, 3.63) is 71.5 Å². The van der Waals surface area contributed by atoms with E-state index in [9.17, 15) is 18.0 Å². The van der Waals surface area contributed by atoms with E-state index >= 15 is 0 Å². The van der Waals surface area contributed by atoms with Crippen molar-refractivity contribution in [2.24, 2.45) is 0 Å². The Morgan fingerprint density at radius 1 is 1.05 bits per heavy atom. The number of benzene rings is 2. The van der Waals surface area contributed by atoms with Crippen molar-refractivity contribution in [3.8, 4) is 17.5 Å². The molecule has 0 aliphatic rings. The third-order valence-corrected chi connectivity index (χ3v) is 5.88. The number of ether oxygens (including phenoxy) is 3. The molecule has 2 heterocycles. The van der Waals surface area contributed by atoms with E-state index in [1.54, 1.807) is 42.6 Å². The summed E-state index contributed by atoms with van der Waals surface area (Å²) in [6.07, 6.45) is -3.60. The Kier molecular flexibility index (Phi) is 9.76. The largest absolute Gasteiger partial charge is 0.491 e. The second-order valence-electron chi connectivity index (χ2n) is 8.65. The maximum absolute atomic E-state index is 12.9. The Bertz CT molecular complexity index is 1490. The molecule has 0 fully saturated rings. The lowest BCUT2D eigenvalue weighted by Gasteiger charge is -2.17. The Labute approximate surface area is 237 Å². The monoisotopic (exact) mass is 591 g/mol. The van der Waals surface area contributed by atoms with Gasteiger partial charge in [-0.2, -0.15) is 23.1 Å². The normalized spacial score (nSPS) is 11.5. The third kappa shape index (κ3) is 8.16. The molecule has 0 unspecified atom stereocenters. The molecule has 10 nitrogen and oxygen atoms in total. The van der Waals surface area contributed by atoms with Crippen molar-refractivity contribution in [2.75, 3.05) is 38.7 Å². The number of carbonyl (C=O) groups excluding carboxylic acids is 1. The van der Waals surface area contributed by atoms with Gasteiger partial charge in [-0.15, -0.1) is 0 Å². The number of likely N-dealkylation sites (N-methyl/N-ethyl adjacent to an activating group) is 1. The van der Waals surface area contributed by atoms with E-state index in [4.69, 9.17) is 26.2 Å². The highest BCUT2D eigenvalue weighted by Crippen LogP contribution is 2.36. The van der Waals surface area contributed by atoms with Gasteiger partial charge in [0.05, 0.1) is 28.2 Å². The smallest absolute Gasteiger partial charge is 0.491 e. The van der Waals surface area contributed by atoms with Gasteiger partial charge in [0.1, 0.15) is 30.5 Å². The number of hydrogen-bond donors (Lipinski definition) is 2. The number of halogens is 4. The van der Waals surface area contributed by atoms with Crippen LogP contribution in [0.1, 0.15) is 5.69 Å². The molecule has 0 saturated carbocycles. The molecule has 0 aliphatic carbocycles. The molecule has 0 spiro atoms. The first kappa shape index (κ1) is 29.8. The molecule has 0 saturated heterocycles. The van der Waals surface area contributed by atoms with Gasteiger partial charge in [-0.1, -0.05) is 23.7 Å². The summed E-state index contributed by atoms with van der Waals surface area (Å²) >= 11 is 6.43. The highest BCUT2D eigenvalue weighted by molar-refractivity contribution is 6.32. The van der Waals surface area contributed by atoms with Crippen molar-refractivity contribution in [3.63, 3.8) is 0 Å². The number of anilines is 2. The standard InChI is InChI=1S/C27H25ClF3N5O5/c1-36(11-13-37)12-14-39-22-7-4-6-20-23(22)24(35-26(34-20)41-25(38)27(29,30)31)33-17-8-9-21(19(28)15-17)40-16-18-5-2-3-10-32-18/h2-10,15,37H,11-14,16H2,1H3,(H,33,34,35). The summed E-state index contributed by atoms with van der Waals surface area (Å²) in [4.78, 5) is 25.5. The Morgan fingerprint density at radius 3 is 2.59 bits per heavy atom. The molecule has 0 bridgehead atoms. The van der Waals surface area contributed by atoms with E-state index < -0.39 is 18.2 Å². The van der Waals surface area contributed by atoms with E-state index in [0.29, 0.717) is 41.4 Å². The van der Waals surface area contributed by atoms with Gasteiger partial charge in [-0.25, -0.2) is 4.79 Å². The van der Waals surface area contributed by atoms with E-state index in [2.05, 4.69) is 25.0 Å². The minimum atomic E-state index is -5.24. The summed E-state index contributed by atoms with van der Waals surface area (Å²) in [6, 6.07) is 14.1. The van der Waals surface area contributed by atoms with Gasteiger partial charge < -0.3 is 29.5 Å². The Hall–Kier alpha value is -4.20. The van der Waals surface area contributed by atoms with Gasteiger partial charge in [0, 0.05) is 25.0 Å². The SMILES string of the molecule is CN(CCO)CCOc1cccc2nc(OC(=O)C(F)(F)F)nc(Nc3ccc(OCc4ccccn4)c(Cl)c3)c12. The minimum absolute atomic E-state index is 0.0116. The molecule has 0 radical (unpaired) electrons.